The van der Waals surface area contributed by atoms with E-state index in [0.29, 0.717) is 23.9 Å². The summed E-state index contributed by atoms with van der Waals surface area (Å²) >= 11 is 1.86. The van der Waals surface area contributed by atoms with Crippen molar-refractivity contribution in [1.29, 1.82) is 0 Å². The van der Waals surface area contributed by atoms with Crippen molar-refractivity contribution in [1.82, 2.24) is 10.2 Å². The molecular formula is C15H28N2S. The number of hydrogen-bond donors (Lipinski definition) is 1. The lowest BCUT2D eigenvalue weighted by Gasteiger charge is -2.32. The quantitative estimate of drug-likeness (QED) is 0.812. The van der Waals surface area contributed by atoms with E-state index in [4.69, 9.17) is 0 Å². The van der Waals surface area contributed by atoms with Crippen molar-refractivity contribution in [3.05, 3.63) is 22.4 Å². The average molecular weight is 268 g/mol. The van der Waals surface area contributed by atoms with Gasteiger partial charge in [0.05, 0.1) is 0 Å². The Morgan fingerprint density at radius 2 is 1.83 bits per heavy atom. The molecule has 104 valence electrons. The summed E-state index contributed by atoms with van der Waals surface area (Å²) in [6.45, 7) is 10.3. The van der Waals surface area contributed by atoms with Gasteiger partial charge in [-0.15, -0.1) is 11.3 Å². The summed E-state index contributed by atoms with van der Waals surface area (Å²) < 4.78 is 0. The van der Waals surface area contributed by atoms with Crippen LogP contribution in [0.25, 0.3) is 0 Å². The molecule has 0 saturated heterocycles. The summed E-state index contributed by atoms with van der Waals surface area (Å²) in [6.07, 6.45) is 0. The molecule has 0 bridgehead atoms. The molecule has 0 aliphatic carbocycles. The van der Waals surface area contributed by atoms with Gasteiger partial charge in [-0.1, -0.05) is 33.8 Å². The highest BCUT2D eigenvalue weighted by Crippen LogP contribution is 2.27. The minimum atomic E-state index is 0.470. The van der Waals surface area contributed by atoms with E-state index in [-0.39, 0.29) is 0 Å². The van der Waals surface area contributed by atoms with Gasteiger partial charge < -0.3 is 10.2 Å². The highest BCUT2D eigenvalue weighted by atomic mass is 32.1. The van der Waals surface area contributed by atoms with Gasteiger partial charge in [0.25, 0.3) is 0 Å². The number of hydrogen-bond acceptors (Lipinski definition) is 3. The molecule has 0 fully saturated rings. The van der Waals surface area contributed by atoms with E-state index in [1.807, 2.05) is 11.3 Å². The highest BCUT2D eigenvalue weighted by Gasteiger charge is 2.23. The molecule has 2 unspecified atom stereocenters. The lowest BCUT2D eigenvalue weighted by atomic mass is 9.97. The minimum Gasteiger partial charge on any atom is -0.308 e. The summed E-state index contributed by atoms with van der Waals surface area (Å²) in [5.74, 6) is 1.26. The molecule has 2 atom stereocenters. The van der Waals surface area contributed by atoms with E-state index in [9.17, 15) is 0 Å². The first-order chi connectivity index (χ1) is 8.41. The molecule has 0 aliphatic heterocycles. The Hall–Kier alpha value is -0.380. The second-order valence-electron chi connectivity index (χ2n) is 6.02. The molecule has 18 heavy (non-hydrogen) atoms. The van der Waals surface area contributed by atoms with Crippen molar-refractivity contribution >= 4 is 11.3 Å². The van der Waals surface area contributed by atoms with Crippen LogP contribution in [0.1, 0.15) is 38.6 Å². The molecule has 0 aliphatic rings. The molecule has 1 N–H and O–H groups in total. The molecule has 1 aromatic rings. The number of rotatable bonds is 7. The van der Waals surface area contributed by atoms with Gasteiger partial charge in [0, 0.05) is 23.5 Å². The van der Waals surface area contributed by atoms with Crippen LogP contribution in [0, 0.1) is 11.8 Å². The lowest BCUT2D eigenvalue weighted by molar-refractivity contribution is 0.250. The van der Waals surface area contributed by atoms with E-state index in [2.05, 4.69) is 69.5 Å². The van der Waals surface area contributed by atoms with Crippen molar-refractivity contribution in [3.63, 3.8) is 0 Å². The fourth-order valence-electron chi connectivity index (χ4n) is 2.15. The summed E-state index contributed by atoms with van der Waals surface area (Å²) in [5.41, 5.74) is 0. The topological polar surface area (TPSA) is 15.3 Å². The number of nitrogens with zero attached hydrogens (tertiary/aromatic N) is 1. The fourth-order valence-corrected chi connectivity index (χ4v) is 3.11. The number of thiophene rings is 1. The van der Waals surface area contributed by atoms with Crippen LogP contribution in [-0.2, 0) is 0 Å². The van der Waals surface area contributed by atoms with Crippen LogP contribution < -0.4 is 5.32 Å². The molecule has 1 aromatic heterocycles. The zero-order chi connectivity index (χ0) is 13.7. The average Bonchev–Trinajstić information content (AvgIpc) is 2.75. The molecule has 1 heterocycles. The Bertz CT molecular complexity index is 317. The van der Waals surface area contributed by atoms with Crippen LogP contribution in [0.15, 0.2) is 17.5 Å². The molecular weight excluding hydrogens is 240 g/mol. The Kier molecular flexibility index (Phi) is 6.33. The maximum absolute atomic E-state index is 3.86. The first-order valence-corrected chi connectivity index (χ1v) is 7.74. The molecule has 0 saturated carbocycles. The van der Waals surface area contributed by atoms with E-state index in [0.717, 1.165) is 6.54 Å². The van der Waals surface area contributed by atoms with Gasteiger partial charge in [0.15, 0.2) is 0 Å². The lowest BCUT2D eigenvalue weighted by Crippen LogP contribution is -2.44. The summed E-state index contributed by atoms with van der Waals surface area (Å²) in [7, 11) is 4.29. The van der Waals surface area contributed by atoms with Crippen molar-refractivity contribution in [3.8, 4) is 0 Å². The van der Waals surface area contributed by atoms with Gasteiger partial charge in [0.1, 0.15) is 0 Å². The number of likely N-dealkylation sites (N-methyl/N-ethyl adjacent to an activating group) is 1. The third-order valence-electron chi connectivity index (χ3n) is 3.28. The molecule has 0 spiro atoms. The van der Waals surface area contributed by atoms with Crippen molar-refractivity contribution in [2.45, 2.75) is 39.8 Å². The van der Waals surface area contributed by atoms with Crippen LogP contribution in [0.2, 0.25) is 0 Å². The van der Waals surface area contributed by atoms with Crippen molar-refractivity contribution in [2.75, 3.05) is 20.6 Å². The van der Waals surface area contributed by atoms with E-state index in [1.165, 1.54) is 4.88 Å². The van der Waals surface area contributed by atoms with Crippen molar-refractivity contribution < 1.29 is 0 Å². The highest BCUT2D eigenvalue weighted by molar-refractivity contribution is 7.10. The normalized spacial score (nSPS) is 15.6. The van der Waals surface area contributed by atoms with Gasteiger partial charge in [-0.25, -0.2) is 0 Å². The maximum Gasteiger partial charge on any atom is 0.0440 e. The molecule has 0 amide bonds. The zero-order valence-corrected chi connectivity index (χ0v) is 13.4. The Balaban J connectivity index is 2.75. The molecule has 3 heteroatoms. The van der Waals surface area contributed by atoms with Gasteiger partial charge in [-0.2, -0.15) is 0 Å². The Morgan fingerprint density at radius 3 is 2.22 bits per heavy atom. The van der Waals surface area contributed by atoms with Crippen LogP contribution in [0.4, 0.5) is 0 Å². The first-order valence-electron chi connectivity index (χ1n) is 6.86. The van der Waals surface area contributed by atoms with Gasteiger partial charge in [-0.05, 0) is 37.4 Å². The van der Waals surface area contributed by atoms with Gasteiger partial charge in [0.2, 0.25) is 0 Å². The van der Waals surface area contributed by atoms with Crippen LogP contribution in [0.3, 0.4) is 0 Å². The SMILES string of the molecule is CC(C)C(CN(C)C)NC(c1cccs1)C(C)C. The standard InChI is InChI=1S/C15H28N2S/c1-11(2)13(10-17(5)6)16-15(12(3)4)14-8-7-9-18-14/h7-9,11-13,15-16H,10H2,1-6H3. The van der Waals surface area contributed by atoms with E-state index in [1.54, 1.807) is 0 Å². The third-order valence-corrected chi connectivity index (χ3v) is 4.23. The smallest absolute Gasteiger partial charge is 0.0440 e. The first kappa shape index (κ1) is 15.7. The molecule has 0 aromatic carbocycles. The van der Waals surface area contributed by atoms with Crippen LogP contribution in [-0.4, -0.2) is 31.6 Å². The molecule has 1 rings (SSSR count). The minimum absolute atomic E-state index is 0.470. The van der Waals surface area contributed by atoms with Crippen molar-refractivity contribution in [2.24, 2.45) is 11.8 Å². The van der Waals surface area contributed by atoms with Gasteiger partial charge >= 0.3 is 0 Å². The largest absolute Gasteiger partial charge is 0.308 e. The zero-order valence-electron chi connectivity index (χ0n) is 12.6. The fraction of sp³-hybridized carbons (Fsp3) is 0.733. The summed E-state index contributed by atoms with van der Waals surface area (Å²) in [4.78, 5) is 3.72. The second-order valence-corrected chi connectivity index (χ2v) is 7.00. The number of nitrogens with one attached hydrogen (secondary N) is 1. The predicted molar refractivity (Wildman–Crippen MR) is 82.2 cm³/mol. The van der Waals surface area contributed by atoms with Crippen LogP contribution in [0.5, 0.6) is 0 Å². The monoisotopic (exact) mass is 268 g/mol. The van der Waals surface area contributed by atoms with Gasteiger partial charge in [-0.3, -0.25) is 0 Å². The maximum atomic E-state index is 3.86. The van der Waals surface area contributed by atoms with E-state index >= 15 is 0 Å². The Labute approximate surface area is 116 Å². The molecule has 2 nitrogen and oxygen atoms in total. The Morgan fingerprint density at radius 1 is 1.17 bits per heavy atom. The summed E-state index contributed by atoms with van der Waals surface area (Å²) in [6, 6.07) is 5.40. The third kappa shape index (κ3) is 4.71. The van der Waals surface area contributed by atoms with Crippen LogP contribution >= 0.6 is 11.3 Å². The van der Waals surface area contributed by atoms with E-state index < -0.39 is 0 Å². The summed E-state index contributed by atoms with van der Waals surface area (Å²) in [5, 5.41) is 6.02. The molecule has 0 radical (unpaired) electrons. The predicted octanol–water partition coefficient (Wildman–Crippen LogP) is 3.62. The second kappa shape index (κ2) is 7.27.